The lowest BCUT2D eigenvalue weighted by Gasteiger charge is -2.13. The predicted octanol–water partition coefficient (Wildman–Crippen LogP) is 2.19. The Morgan fingerprint density at radius 3 is 2.12 bits per heavy atom. The van der Waals surface area contributed by atoms with E-state index in [1.54, 1.807) is 14.2 Å². The van der Waals surface area contributed by atoms with Gasteiger partial charge in [0, 0.05) is 12.1 Å². The number of nitrogens with one attached hydrogen (secondary N) is 1. The van der Waals surface area contributed by atoms with Crippen LogP contribution >= 0.6 is 0 Å². The zero-order valence-corrected chi connectivity index (χ0v) is 14.8. The van der Waals surface area contributed by atoms with Gasteiger partial charge in [-0.05, 0) is 24.6 Å². The van der Waals surface area contributed by atoms with Crippen molar-refractivity contribution in [1.29, 1.82) is 0 Å². The third-order valence-corrected chi connectivity index (χ3v) is 3.42. The maximum absolute atomic E-state index is 9.10. The van der Waals surface area contributed by atoms with Crippen LogP contribution in [-0.4, -0.2) is 42.9 Å². The Morgan fingerprint density at radius 1 is 0.923 bits per heavy atom. The second-order valence-electron chi connectivity index (χ2n) is 5.18. The zero-order chi connectivity index (χ0) is 19.4. The number of para-hydroxylation sites is 1. The summed E-state index contributed by atoms with van der Waals surface area (Å²) in [7, 11) is 3.33. The first kappa shape index (κ1) is 21.0. The number of rotatable bonds is 7. The van der Waals surface area contributed by atoms with E-state index in [4.69, 9.17) is 29.3 Å². The Balaban J connectivity index is 0.000000487. The molecule has 0 amide bonds. The number of hydrogen-bond acceptors (Lipinski definition) is 5. The van der Waals surface area contributed by atoms with Crippen LogP contribution in [0.25, 0.3) is 0 Å². The van der Waals surface area contributed by atoms with Crippen molar-refractivity contribution < 1.29 is 29.3 Å². The summed E-state index contributed by atoms with van der Waals surface area (Å²) < 4.78 is 10.7. The number of methoxy groups -OCH3 is 2. The van der Waals surface area contributed by atoms with Crippen LogP contribution < -0.4 is 14.8 Å². The smallest absolute Gasteiger partial charge is 0.414 e. The minimum atomic E-state index is -1.82. The van der Waals surface area contributed by atoms with Gasteiger partial charge in [-0.15, -0.1) is 0 Å². The van der Waals surface area contributed by atoms with E-state index in [1.165, 1.54) is 5.56 Å². The molecule has 0 aliphatic rings. The maximum Gasteiger partial charge on any atom is 0.414 e. The van der Waals surface area contributed by atoms with E-state index in [9.17, 15) is 0 Å². The van der Waals surface area contributed by atoms with Gasteiger partial charge in [0.25, 0.3) is 0 Å². The molecular formula is C19H23NO6. The molecule has 0 saturated heterocycles. The first-order valence-corrected chi connectivity index (χ1v) is 7.90. The summed E-state index contributed by atoms with van der Waals surface area (Å²) in [6.45, 7) is 1.71. The van der Waals surface area contributed by atoms with E-state index in [0.29, 0.717) is 0 Å². The molecule has 0 spiro atoms. The van der Waals surface area contributed by atoms with Crippen LogP contribution in [0.2, 0.25) is 0 Å². The molecule has 140 valence electrons. The van der Waals surface area contributed by atoms with Gasteiger partial charge in [-0.2, -0.15) is 0 Å². The van der Waals surface area contributed by atoms with Crippen molar-refractivity contribution in [3.63, 3.8) is 0 Å². The molecule has 0 atom stereocenters. The van der Waals surface area contributed by atoms with Crippen LogP contribution in [0.5, 0.6) is 11.5 Å². The molecule has 7 heteroatoms. The molecule has 0 aliphatic carbocycles. The average molecular weight is 361 g/mol. The van der Waals surface area contributed by atoms with Gasteiger partial charge in [0.05, 0.1) is 14.2 Å². The third kappa shape index (κ3) is 7.23. The molecule has 0 fully saturated rings. The summed E-state index contributed by atoms with van der Waals surface area (Å²) in [6, 6.07) is 16.4. The Bertz CT molecular complexity index is 690. The summed E-state index contributed by atoms with van der Waals surface area (Å²) in [4.78, 5) is 18.2. The minimum Gasteiger partial charge on any atom is -0.493 e. The van der Waals surface area contributed by atoms with Crippen molar-refractivity contribution in [3.8, 4) is 11.5 Å². The maximum atomic E-state index is 9.10. The van der Waals surface area contributed by atoms with Gasteiger partial charge in [-0.25, -0.2) is 9.59 Å². The normalized spacial score (nSPS) is 9.62. The lowest BCUT2D eigenvalue weighted by Crippen LogP contribution is -2.17. The van der Waals surface area contributed by atoms with Crippen LogP contribution in [0.3, 0.4) is 0 Å². The van der Waals surface area contributed by atoms with E-state index in [1.807, 2.05) is 18.2 Å². The lowest BCUT2D eigenvalue weighted by atomic mass is 10.1. The SMILES string of the molecule is COc1cccc(CNCCc2ccccc2)c1OC.O=C(O)C(=O)O. The van der Waals surface area contributed by atoms with Gasteiger partial charge in [0.15, 0.2) is 11.5 Å². The summed E-state index contributed by atoms with van der Waals surface area (Å²) in [5.41, 5.74) is 2.46. The highest BCUT2D eigenvalue weighted by molar-refractivity contribution is 6.27. The molecule has 0 heterocycles. The van der Waals surface area contributed by atoms with Gasteiger partial charge in [-0.1, -0.05) is 42.5 Å². The Kier molecular flexibility index (Phi) is 9.27. The number of carbonyl (C=O) groups is 2. The van der Waals surface area contributed by atoms with Crippen molar-refractivity contribution in [2.75, 3.05) is 20.8 Å². The molecule has 2 rings (SSSR count). The van der Waals surface area contributed by atoms with Crippen LogP contribution in [0, 0.1) is 0 Å². The molecule has 0 radical (unpaired) electrons. The number of aliphatic carboxylic acids is 2. The summed E-state index contributed by atoms with van der Waals surface area (Å²) >= 11 is 0. The highest BCUT2D eigenvalue weighted by atomic mass is 16.5. The topological polar surface area (TPSA) is 105 Å². The van der Waals surface area contributed by atoms with E-state index in [0.717, 1.165) is 36.6 Å². The monoisotopic (exact) mass is 361 g/mol. The molecule has 0 aromatic heterocycles. The molecule has 0 aliphatic heterocycles. The van der Waals surface area contributed by atoms with Crippen LogP contribution in [0.15, 0.2) is 48.5 Å². The standard InChI is InChI=1S/C17H21NO2.C2H2O4/c1-19-16-10-6-9-15(17(16)20-2)13-18-12-11-14-7-4-3-5-8-14;3-1(4)2(5)6/h3-10,18H,11-13H2,1-2H3;(H,3,4)(H,5,6). The van der Waals surface area contributed by atoms with E-state index >= 15 is 0 Å². The second-order valence-corrected chi connectivity index (χ2v) is 5.18. The molecule has 0 unspecified atom stereocenters. The summed E-state index contributed by atoms with van der Waals surface area (Å²) in [5.74, 6) is -2.07. The van der Waals surface area contributed by atoms with Crippen molar-refractivity contribution in [2.45, 2.75) is 13.0 Å². The van der Waals surface area contributed by atoms with Crippen LogP contribution in [0.4, 0.5) is 0 Å². The van der Waals surface area contributed by atoms with Gasteiger partial charge < -0.3 is 25.0 Å². The molecule has 7 nitrogen and oxygen atoms in total. The first-order valence-electron chi connectivity index (χ1n) is 7.90. The molecule has 2 aromatic rings. The number of hydrogen-bond donors (Lipinski definition) is 3. The number of carboxylic acids is 2. The Morgan fingerprint density at radius 2 is 1.58 bits per heavy atom. The highest BCUT2D eigenvalue weighted by Gasteiger charge is 2.08. The fourth-order valence-corrected chi connectivity index (χ4v) is 2.19. The predicted molar refractivity (Wildman–Crippen MR) is 96.7 cm³/mol. The zero-order valence-electron chi connectivity index (χ0n) is 14.8. The number of ether oxygens (including phenoxy) is 2. The van der Waals surface area contributed by atoms with E-state index in [-0.39, 0.29) is 0 Å². The van der Waals surface area contributed by atoms with E-state index < -0.39 is 11.9 Å². The lowest BCUT2D eigenvalue weighted by molar-refractivity contribution is -0.159. The van der Waals surface area contributed by atoms with Crippen molar-refractivity contribution >= 4 is 11.9 Å². The quantitative estimate of drug-likeness (QED) is 0.513. The average Bonchev–Trinajstić information content (AvgIpc) is 2.66. The van der Waals surface area contributed by atoms with Crippen molar-refractivity contribution in [2.24, 2.45) is 0 Å². The number of benzene rings is 2. The van der Waals surface area contributed by atoms with Crippen LogP contribution in [0.1, 0.15) is 11.1 Å². The van der Waals surface area contributed by atoms with Gasteiger partial charge in [-0.3, -0.25) is 0 Å². The van der Waals surface area contributed by atoms with E-state index in [2.05, 4.69) is 35.6 Å². The second kappa shape index (κ2) is 11.5. The van der Waals surface area contributed by atoms with Crippen molar-refractivity contribution in [1.82, 2.24) is 5.32 Å². The Hall–Kier alpha value is -3.06. The molecule has 0 saturated carbocycles. The largest absolute Gasteiger partial charge is 0.493 e. The van der Waals surface area contributed by atoms with Crippen LogP contribution in [-0.2, 0) is 22.6 Å². The molecular weight excluding hydrogens is 338 g/mol. The number of carboxylic acid groups (broad SMARTS) is 2. The minimum absolute atomic E-state index is 0.771. The third-order valence-electron chi connectivity index (χ3n) is 3.42. The summed E-state index contributed by atoms with van der Waals surface area (Å²) in [5, 5.41) is 18.2. The van der Waals surface area contributed by atoms with Gasteiger partial charge in [0.1, 0.15) is 0 Å². The Labute approximate surface area is 152 Å². The van der Waals surface area contributed by atoms with Gasteiger partial charge in [0.2, 0.25) is 0 Å². The van der Waals surface area contributed by atoms with Crippen molar-refractivity contribution in [3.05, 3.63) is 59.7 Å². The molecule has 2 aromatic carbocycles. The molecule has 3 N–H and O–H groups in total. The van der Waals surface area contributed by atoms with Gasteiger partial charge >= 0.3 is 11.9 Å². The fraction of sp³-hybridized carbons (Fsp3) is 0.263. The fourth-order valence-electron chi connectivity index (χ4n) is 2.19. The summed E-state index contributed by atoms with van der Waals surface area (Å²) in [6.07, 6.45) is 1.02. The first-order chi connectivity index (χ1) is 12.5. The molecule has 26 heavy (non-hydrogen) atoms. The highest BCUT2D eigenvalue weighted by Crippen LogP contribution is 2.30. The molecule has 0 bridgehead atoms.